The van der Waals surface area contributed by atoms with E-state index in [2.05, 4.69) is 24.3 Å². The highest BCUT2D eigenvalue weighted by molar-refractivity contribution is 6.02. The second-order valence-electron chi connectivity index (χ2n) is 5.81. The minimum Gasteiger partial charge on any atom is -0.294 e. The molecule has 0 N–H and O–H groups in total. The zero-order chi connectivity index (χ0) is 13.8. The maximum atomic E-state index is 12.6. The lowest BCUT2D eigenvalue weighted by atomic mass is 9.89. The topological polar surface area (TPSA) is 17.1 Å². The molecule has 2 aromatic carbocycles. The van der Waals surface area contributed by atoms with Crippen LogP contribution in [0.25, 0.3) is 0 Å². The third-order valence-electron chi connectivity index (χ3n) is 4.33. The number of hydrogen-bond donors (Lipinski definition) is 0. The lowest BCUT2D eigenvalue weighted by molar-refractivity contribution is 0.0890. The molecule has 1 aliphatic rings. The number of carbonyl (C=O) groups excluding carboxylic acids is 1. The van der Waals surface area contributed by atoms with Gasteiger partial charge in [0.25, 0.3) is 0 Å². The molecule has 0 heterocycles. The third-order valence-corrected chi connectivity index (χ3v) is 4.33. The molecule has 0 spiro atoms. The van der Waals surface area contributed by atoms with Crippen molar-refractivity contribution in [1.82, 2.24) is 0 Å². The molecule has 0 aromatic heterocycles. The van der Waals surface area contributed by atoms with E-state index in [1.54, 1.807) is 0 Å². The average molecular weight is 264 g/mol. The largest absolute Gasteiger partial charge is 0.294 e. The third kappa shape index (κ3) is 2.82. The van der Waals surface area contributed by atoms with E-state index in [0.717, 1.165) is 37.7 Å². The van der Waals surface area contributed by atoms with Crippen molar-refractivity contribution in [3.05, 3.63) is 71.8 Å². The van der Waals surface area contributed by atoms with Gasteiger partial charge in [-0.1, -0.05) is 60.7 Å². The molecule has 1 nitrogen and oxygen atoms in total. The maximum absolute atomic E-state index is 12.6. The number of Topliss-reactive ketones (excluding diaryl/α,β-unsaturated/α-hetero) is 1. The van der Waals surface area contributed by atoms with E-state index in [0.29, 0.717) is 5.78 Å². The van der Waals surface area contributed by atoms with E-state index in [1.165, 1.54) is 5.56 Å². The molecule has 0 amide bonds. The Morgan fingerprint density at radius 2 is 1.50 bits per heavy atom. The van der Waals surface area contributed by atoms with E-state index in [-0.39, 0.29) is 5.41 Å². The Balaban J connectivity index is 1.58. The van der Waals surface area contributed by atoms with Crippen molar-refractivity contribution in [1.29, 1.82) is 0 Å². The number of hydrogen-bond acceptors (Lipinski definition) is 1. The van der Waals surface area contributed by atoms with Crippen LogP contribution in [0.4, 0.5) is 0 Å². The van der Waals surface area contributed by atoms with Crippen LogP contribution in [-0.2, 0) is 6.42 Å². The minimum absolute atomic E-state index is 0.0455. The number of aryl methyl sites for hydroxylation is 1. The van der Waals surface area contributed by atoms with Gasteiger partial charge >= 0.3 is 0 Å². The molecule has 1 aliphatic carbocycles. The smallest absolute Gasteiger partial charge is 0.168 e. The molecule has 1 saturated carbocycles. The standard InChI is InChI=1S/C19H20O/c20-18(17-11-5-2-6-12-17)19(14-15-19)13-7-10-16-8-3-1-4-9-16/h1-6,8-9,11-12H,7,10,13-15H2. The normalized spacial score (nSPS) is 15.8. The Morgan fingerprint density at radius 1 is 0.900 bits per heavy atom. The van der Waals surface area contributed by atoms with Gasteiger partial charge in [0.1, 0.15) is 0 Å². The molecule has 0 atom stereocenters. The van der Waals surface area contributed by atoms with Gasteiger partial charge in [-0.15, -0.1) is 0 Å². The zero-order valence-electron chi connectivity index (χ0n) is 11.7. The van der Waals surface area contributed by atoms with E-state index < -0.39 is 0 Å². The van der Waals surface area contributed by atoms with Crippen LogP contribution in [0, 0.1) is 5.41 Å². The van der Waals surface area contributed by atoms with E-state index in [4.69, 9.17) is 0 Å². The monoisotopic (exact) mass is 264 g/mol. The summed E-state index contributed by atoms with van der Waals surface area (Å²) in [6.45, 7) is 0. The second kappa shape index (κ2) is 5.62. The maximum Gasteiger partial charge on any atom is 0.168 e. The molecular formula is C19H20O. The Labute approximate surface area is 120 Å². The zero-order valence-corrected chi connectivity index (χ0v) is 11.7. The van der Waals surface area contributed by atoms with Crippen LogP contribution in [0.1, 0.15) is 41.6 Å². The minimum atomic E-state index is -0.0455. The highest BCUT2D eigenvalue weighted by Gasteiger charge is 2.48. The molecular weight excluding hydrogens is 244 g/mol. The van der Waals surface area contributed by atoms with Crippen LogP contribution in [0.3, 0.4) is 0 Å². The molecule has 20 heavy (non-hydrogen) atoms. The Morgan fingerprint density at radius 3 is 2.10 bits per heavy atom. The van der Waals surface area contributed by atoms with Gasteiger partial charge in [0.05, 0.1) is 0 Å². The van der Waals surface area contributed by atoms with Crippen molar-refractivity contribution in [2.24, 2.45) is 5.41 Å². The summed E-state index contributed by atoms with van der Waals surface area (Å²) in [4.78, 5) is 12.6. The number of benzene rings is 2. The fourth-order valence-electron chi connectivity index (χ4n) is 2.91. The predicted molar refractivity (Wildman–Crippen MR) is 81.8 cm³/mol. The van der Waals surface area contributed by atoms with Crippen LogP contribution in [0.5, 0.6) is 0 Å². The first-order valence-corrected chi connectivity index (χ1v) is 7.44. The molecule has 1 fully saturated rings. The molecule has 1 heteroatoms. The van der Waals surface area contributed by atoms with Gasteiger partial charge in [0, 0.05) is 11.0 Å². The van der Waals surface area contributed by atoms with Crippen molar-refractivity contribution in [3.8, 4) is 0 Å². The summed E-state index contributed by atoms with van der Waals surface area (Å²) >= 11 is 0. The van der Waals surface area contributed by atoms with Gasteiger partial charge < -0.3 is 0 Å². The molecule has 0 bridgehead atoms. The summed E-state index contributed by atoms with van der Waals surface area (Å²) < 4.78 is 0. The van der Waals surface area contributed by atoms with E-state index in [9.17, 15) is 4.79 Å². The van der Waals surface area contributed by atoms with Crippen molar-refractivity contribution in [2.75, 3.05) is 0 Å². The number of carbonyl (C=O) groups is 1. The second-order valence-corrected chi connectivity index (χ2v) is 5.81. The van der Waals surface area contributed by atoms with Crippen LogP contribution in [0.15, 0.2) is 60.7 Å². The molecule has 0 aliphatic heterocycles. The molecule has 2 aromatic rings. The van der Waals surface area contributed by atoms with Gasteiger partial charge in [0.2, 0.25) is 0 Å². The van der Waals surface area contributed by atoms with E-state index in [1.807, 2.05) is 36.4 Å². The summed E-state index contributed by atoms with van der Waals surface area (Å²) in [5, 5.41) is 0. The summed E-state index contributed by atoms with van der Waals surface area (Å²) in [6.07, 6.45) is 5.33. The predicted octanol–water partition coefficient (Wildman–Crippen LogP) is 4.67. The first-order chi connectivity index (χ1) is 9.80. The van der Waals surface area contributed by atoms with Crippen LogP contribution < -0.4 is 0 Å². The Kier molecular flexibility index (Phi) is 3.68. The quantitative estimate of drug-likeness (QED) is 0.693. The SMILES string of the molecule is O=C(c1ccccc1)C1(CCCc2ccccc2)CC1. The first-order valence-electron chi connectivity index (χ1n) is 7.44. The lowest BCUT2D eigenvalue weighted by Crippen LogP contribution is -2.16. The summed E-state index contributed by atoms with van der Waals surface area (Å²) in [5.41, 5.74) is 2.20. The fraction of sp³-hybridized carbons (Fsp3) is 0.316. The lowest BCUT2D eigenvalue weighted by Gasteiger charge is -2.14. The van der Waals surface area contributed by atoms with Crippen molar-refractivity contribution >= 4 is 5.78 Å². The van der Waals surface area contributed by atoms with Crippen molar-refractivity contribution in [2.45, 2.75) is 32.1 Å². The highest BCUT2D eigenvalue weighted by Crippen LogP contribution is 2.52. The van der Waals surface area contributed by atoms with Crippen molar-refractivity contribution < 1.29 is 4.79 Å². The number of ketones is 1. The molecule has 0 radical (unpaired) electrons. The summed E-state index contributed by atoms with van der Waals surface area (Å²) in [5.74, 6) is 0.353. The first kappa shape index (κ1) is 13.1. The fourth-order valence-corrected chi connectivity index (χ4v) is 2.91. The average Bonchev–Trinajstić information content (AvgIpc) is 3.30. The van der Waals surface area contributed by atoms with Gasteiger partial charge in [-0.05, 0) is 37.7 Å². The Bertz CT molecular complexity index is 567. The van der Waals surface area contributed by atoms with E-state index >= 15 is 0 Å². The molecule has 0 saturated heterocycles. The molecule has 0 unspecified atom stereocenters. The van der Waals surface area contributed by atoms with Gasteiger partial charge in [-0.3, -0.25) is 4.79 Å². The van der Waals surface area contributed by atoms with Crippen molar-refractivity contribution in [3.63, 3.8) is 0 Å². The van der Waals surface area contributed by atoms with Gasteiger partial charge in [-0.25, -0.2) is 0 Å². The highest BCUT2D eigenvalue weighted by atomic mass is 16.1. The van der Waals surface area contributed by atoms with Crippen LogP contribution in [0.2, 0.25) is 0 Å². The Hall–Kier alpha value is -1.89. The van der Waals surface area contributed by atoms with Gasteiger partial charge in [0.15, 0.2) is 5.78 Å². The summed E-state index contributed by atoms with van der Waals surface area (Å²) in [6, 6.07) is 20.3. The number of rotatable bonds is 6. The van der Waals surface area contributed by atoms with Crippen LogP contribution in [-0.4, -0.2) is 5.78 Å². The van der Waals surface area contributed by atoms with Gasteiger partial charge in [-0.2, -0.15) is 0 Å². The van der Waals surface area contributed by atoms with Crippen LogP contribution >= 0.6 is 0 Å². The molecule has 3 rings (SSSR count). The summed E-state index contributed by atoms with van der Waals surface area (Å²) in [7, 11) is 0. The molecule has 102 valence electrons.